The summed E-state index contributed by atoms with van der Waals surface area (Å²) in [6, 6.07) is 5.71. The van der Waals surface area contributed by atoms with E-state index in [1.807, 2.05) is 18.2 Å². The summed E-state index contributed by atoms with van der Waals surface area (Å²) in [6.45, 7) is 1.55. The molecule has 0 aliphatic carbocycles. The van der Waals surface area contributed by atoms with Crippen molar-refractivity contribution in [3.63, 3.8) is 0 Å². The summed E-state index contributed by atoms with van der Waals surface area (Å²) < 4.78 is 1.66. The molecular formula is C17H17N9O. The van der Waals surface area contributed by atoms with Gasteiger partial charge in [0.2, 0.25) is 5.91 Å². The maximum atomic E-state index is 12.6. The Bertz CT molecular complexity index is 1110. The van der Waals surface area contributed by atoms with Crippen molar-refractivity contribution in [2.75, 3.05) is 23.3 Å². The molecule has 0 aromatic carbocycles. The molecule has 10 heteroatoms. The molecule has 0 spiro atoms. The van der Waals surface area contributed by atoms with E-state index in [0.717, 1.165) is 42.8 Å². The lowest BCUT2D eigenvalue weighted by atomic mass is 9.96. The highest BCUT2D eigenvalue weighted by atomic mass is 16.1. The second-order valence-electron chi connectivity index (χ2n) is 6.61. The van der Waals surface area contributed by atoms with E-state index < -0.39 is 0 Å². The molecule has 1 saturated heterocycles. The van der Waals surface area contributed by atoms with Crippen LogP contribution in [0.15, 0.2) is 36.9 Å². The maximum absolute atomic E-state index is 12.6. The lowest BCUT2D eigenvalue weighted by Crippen LogP contribution is -2.38. The number of amides is 1. The van der Waals surface area contributed by atoms with Gasteiger partial charge in [-0.1, -0.05) is 0 Å². The maximum Gasteiger partial charge on any atom is 0.227 e. The average molecular weight is 363 g/mol. The average Bonchev–Trinajstić information content (AvgIpc) is 3.36. The Morgan fingerprint density at radius 2 is 2.11 bits per heavy atom. The molecule has 0 bridgehead atoms. The summed E-state index contributed by atoms with van der Waals surface area (Å²) in [5.74, 6) is 0.872. The zero-order chi connectivity index (χ0) is 18.2. The first kappa shape index (κ1) is 15.7. The van der Waals surface area contributed by atoms with Crippen LogP contribution in [0, 0.1) is 5.92 Å². The van der Waals surface area contributed by atoms with E-state index in [9.17, 15) is 4.79 Å². The predicted octanol–water partition coefficient (Wildman–Crippen LogP) is 1.25. The lowest BCUT2D eigenvalue weighted by molar-refractivity contribution is -0.120. The number of hydrogen-bond acceptors (Lipinski definition) is 7. The molecule has 1 aliphatic rings. The summed E-state index contributed by atoms with van der Waals surface area (Å²) in [4.78, 5) is 19.0. The van der Waals surface area contributed by atoms with Crippen LogP contribution in [0.25, 0.3) is 16.7 Å². The Hall–Kier alpha value is -3.56. The molecule has 4 aromatic heterocycles. The summed E-state index contributed by atoms with van der Waals surface area (Å²) in [5.41, 5.74) is 2.12. The number of carbonyl (C=O) groups excluding carboxylic acids is 1. The fraction of sp³-hybridized carbons (Fsp3) is 0.294. The Morgan fingerprint density at radius 1 is 1.22 bits per heavy atom. The summed E-state index contributed by atoms with van der Waals surface area (Å²) in [6.07, 6.45) is 6.47. The predicted molar refractivity (Wildman–Crippen MR) is 98.2 cm³/mol. The molecule has 1 amide bonds. The minimum atomic E-state index is -0.0278. The summed E-state index contributed by atoms with van der Waals surface area (Å²) >= 11 is 0. The molecule has 10 nitrogen and oxygen atoms in total. The number of H-pyrrole nitrogens is 1. The second kappa shape index (κ2) is 6.31. The van der Waals surface area contributed by atoms with Crippen molar-refractivity contribution in [3.8, 4) is 0 Å². The van der Waals surface area contributed by atoms with Gasteiger partial charge in [0.15, 0.2) is 11.3 Å². The third-order valence-electron chi connectivity index (χ3n) is 4.90. The second-order valence-corrected chi connectivity index (χ2v) is 6.61. The number of anilines is 2. The molecule has 136 valence electrons. The van der Waals surface area contributed by atoms with E-state index in [0.29, 0.717) is 11.3 Å². The third-order valence-corrected chi connectivity index (χ3v) is 4.90. The first-order valence-corrected chi connectivity index (χ1v) is 8.78. The Labute approximate surface area is 153 Å². The number of rotatable bonds is 3. The van der Waals surface area contributed by atoms with E-state index in [-0.39, 0.29) is 11.8 Å². The van der Waals surface area contributed by atoms with Gasteiger partial charge in [-0.25, -0.2) is 4.98 Å². The highest BCUT2D eigenvalue weighted by Crippen LogP contribution is 2.23. The fourth-order valence-electron chi connectivity index (χ4n) is 3.41. The molecule has 27 heavy (non-hydrogen) atoms. The van der Waals surface area contributed by atoms with Gasteiger partial charge in [0, 0.05) is 24.4 Å². The number of hydrogen-bond donors (Lipinski definition) is 2. The molecule has 0 saturated carbocycles. The lowest BCUT2D eigenvalue weighted by Gasteiger charge is -2.31. The van der Waals surface area contributed by atoms with Crippen molar-refractivity contribution in [3.05, 3.63) is 36.9 Å². The number of nitrogens with one attached hydrogen (secondary N) is 2. The quantitative estimate of drug-likeness (QED) is 0.562. The largest absolute Gasteiger partial charge is 0.355 e. The van der Waals surface area contributed by atoms with Crippen molar-refractivity contribution in [2.24, 2.45) is 5.92 Å². The van der Waals surface area contributed by atoms with Gasteiger partial charge in [0.05, 0.1) is 18.1 Å². The minimum absolute atomic E-state index is 0.0278. The van der Waals surface area contributed by atoms with Crippen LogP contribution in [-0.4, -0.2) is 54.0 Å². The van der Waals surface area contributed by atoms with Crippen molar-refractivity contribution in [1.82, 2.24) is 35.0 Å². The van der Waals surface area contributed by atoms with E-state index in [1.54, 1.807) is 23.2 Å². The minimum Gasteiger partial charge on any atom is -0.355 e. The Balaban J connectivity index is 1.23. The summed E-state index contributed by atoms with van der Waals surface area (Å²) in [7, 11) is 0. The molecule has 1 aliphatic heterocycles. The van der Waals surface area contributed by atoms with E-state index >= 15 is 0 Å². The standard InChI is InChI=1S/C17H17N9O/c27-17(21-13-7-12-8-19-23-16(12)18-9-13)11-3-5-25(6-4-11)15-2-1-14-22-20-10-26(14)24-15/h1-2,7-11H,3-6H2,(H,21,27)(H,18,19,23). The van der Waals surface area contributed by atoms with Crippen molar-refractivity contribution in [1.29, 1.82) is 0 Å². The topological polar surface area (TPSA) is 117 Å². The number of nitrogens with zero attached hydrogens (tertiary/aromatic N) is 7. The zero-order valence-electron chi connectivity index (χ0n) is 14.4. The van der Waals surface area contributed by atoms with Gasteiger partial charge >= 0.3 is 0 Å². The monoisotopic (exact) mass is 363 g/mol. The highest BCUT2D eigenvalue weighted by molar-refractivity contribution is 5.94. The Morgan fingerprint density at radius 3 is 3.00 bits per heavy atom. The van der Waals surface area contributed by atoms with Crippen molar-refractivity contribution < 1.29 is 4.79 Å². The molecule has 5 rings (SSSR count). The molecule has 0 radical (unpaired) electrons. The van der Waals surface area contributed by atoms with Crippen LogP contribution < -0.4 is 10.2 Å². The number of piperidine rings is 1. The van der Waals surface area contributed by atoms with E-state index in [2.05, 4.69) is 40.7 Å². The van der Waals surface area contributed by atoms with E-state index in [4.69, 9.17) is 0 Å². The van der Waals surface area contributed by atoms with Gasteiger partial charge in [-0.2, -0.15) is 9.61 Å². The van der Waals surface area contributed by atoms with Crippen molar-refractivity contribution >= 4 is 34.1 Å². The van der Waals surface area contributed by atoms with Gasteiger partial charge in [0.1, 0.15) is 12.1 Å². The zero-order valence-corrected chi connectivity index (χ0v) is 14.4. The molecule has 2 N–H and O–H groups in total. The summed E-state index contributed by atoms with van der Waals surface area (Å²) in [5, 5.41) is 22.9. The van der Waals surface area contributed by atoms with Crippen LogP contribution >= 0.6 is 0 Å². The van der Waals surface area contributed by atoms with Crippen LogP contribution in [0.1, 0.15) is 12.8 Å². The SMILES string of the molecule is O=C(Nc1cnc2[nH]ncc2c1)C1CCN(c2ccc3nncn3n2)CC1. The number of pyridine rings is 1. The van der Waals surface area contributed by atoms with Gasteiger partial charge in [-0.3, -0.25) is 9.89 Å². The molecule has 0 unspecified atom stereocenters. The number of aromatic amines is 1. The molecular weight excluding hydrogens is 346 g/mol. The molecule has 0 atom stereocenters. The van der Waals surface area contributed by atoms with Crippen LogP contribution in [0.3, 0.4) is 0 Å². The van der Waals surface area contributed by atoms with Crippen LogP contribution in [0.2, 0.25) is 0 Å². The normalized spacial score (nSPS) is 15.5. The van der Waals surface area contributed by atoms with Gasteiger partial charge in [-0.15, -0.1) is 15.3 Å². The van der Waals surface area contributed by atoms with Crippen molar-refractivity contribution in [2.45, 2.75) is 12.8 Å². The molecule has 4 aromatic rings. The highest BCUT2D eigenvalue weighted by Gasteiger charge is 2.26. The van der Waals surface area contributed by atoms with Gasteiger partial charge < -0.3 is 10.2 Å². The van der Waals surface area contributed by atoms with Crippen LogP contribution in [0.5, 0.6) is 0 Å². The number of fused-ring (bicyclic) bond motifs is 2. The first-order chi connectivity index (χ1) is 13.3. The third kappa shape index (κ3) is 2.94. The Kier molecular flexibility index (Phi) is 3.66. The smallest absolute Gasteiger partial charge is 0.227 e. The van der Waals surface area contributed by atoms with Gasteiger partial charge in [0.25, 0.3) is 0 Å². The molecule has 5 heterocycles. The number of aromatic nitrogens is 7. The van der Waals surface area contributed by atoms with Gasteiger partial charge in [-0.05, 0) is 31.0 Å². The van der Waals surface area contributed by atoms with E-state index in [1.165, 1.54) is 0 Å². The van der Waals surface area contributed by atoms with Crippen LogP contribution in [0.4, 0.5) is 11.5 Å². The number of carbonyl (C=O) groups is 1. The first-order valence-electron chi connectivity index (χ1n) is 8.78. The van der Waals surface area contributed by atoms with Crippen LogP contribution in [-0.2, 0) is 4.79 Å². The molecule has 1 fully saturated rings. The fourth-order valence-corrected chi connectivity index (χ4v) is 3.41.